The number of nitriles is 1. The first kappa shape index (κ1) is 15.2. The van der Waals surface area contributed by atoms with Gasteiger partial charge in [0.05, 0.1) is 5.56 Å². The molecule has 1 aromatic carbocycles. The molecule has 108 valence electrons. The molecule has 0 amide bonds. The molecule has 1 aromatic rings. The quantitative estimate of drug-likeness (QED) is 0.839. The minimum absolute atomic E-state index is 0.0388. The molecule has 7 heteroatoms. The Balaban J connectivity index is 2.43. The molecule has 0 atom stereocenters. The van der Waals surface area contributed by atoms with Gasteiger partial charge in [-0.15, -0.1) is 0 Å². The average Bonchev–Trinajstić information content (AvgIpc) is 2.37. The Morgan fingerprint density at radius 3 is 2.75 bits per heavy atom. The number of nitrogens with zero attached hydrogens (tertiary/aromatic N) is 2. The Labute approximate surface area is 123 Å². The van der Waals surface area contributed by atoms with Crippen molar-refractivity contribution >= 4 is 27.5 Å². The highest BCUT2D eigenvalue weighted by molar-refractivity contribution is 8.00. The van der Waals surface area contributed by atoms with E-state index in [2.05, 4.69) is 0 Å². The normalized spacial score (nSPS) is 19.4. The highest BCUT2D eigenvalue weighted by Crippen LogP contribution is 2.33. The summed E-state index contributed by atoms with van der Waals surface area (Å²) in [5.74, 6) is 0.753. The van der Waals surface area contributed by atoms with E-state index in [-0.39, 0.29) is 15.2 Å². The fourth-order valence-corrected chi connectivity index (χ4v) is 5.21. The summed E-state index contributed by atoms with van der Waals surface area (Å²) in [4.78, 5) is 0.0388. The summed E-state index contributed by atoms with van der Waals surface area (Å²) >= 11 is 1.76. The SMILES string of the molecule is CC1(C)CN(S(=O)(=O)c2ccc(N)cc2C#N)CCS1. The van der Waals surface area contributed by atoms with Gasteiger partial charge in [-0.25, -0.2) is 8.42 Å². The van der Waals surface area contributed by atoms with E-state index >= 15 is 0 Å². The molecule has 20 heavy (non-hydrogen) atoms. The van der Waals surface area contributed by atoms with Crippen LogP contribution in [0.1, 0.15) is 19.4 Å². The lowest BCUT2D eigenvalue weighted by Gasteiger charge is -2.36. The van der Waals surface area contributed by atoms with Crippen LogP contribution in [0, 0.1) is 11.3 Å². The molecule has 1 heterocycles. The number of thioether (sulfide) groups is 1. The predicted octanol–water partition coefficient (Wildman–Crippen LogP) is 1.66. The number of anilines is 1. The summed E-state index contributed by atoms with van der Waals surface area (Å²) < 4.78 is 26.7. The Kier molecular flexibility index (Phi) is 4.00. The van der Waals surface area contributed by atoms with E-state index in [1.807, 2.05) is 19.9 Å². The lowest BCUT2D eigenvalue weighted by Crippen LogP contribution is -2.46. The van der Waals surface area contributed by atoms with E-state index < -0.39 is 10.0 Å². The van der Waals surface area contributed by atoms with E-state index in [0.29, 0.717) is 18.8 Å². The molecule has 1 fully saturated rings. The Morgan fingerprint density at radius 2 is 2.15 bits per heavy atom. The molecule has 0 aromatic heterocycles. The number of rotatable bonds is 2. The van der Waals surface area contributed by atoms with Crippen LogP contribution in [-0.4, -0.2) is 36.3 Å². The number of benzene rings is 1. The van der Waals surface area contributed by atoms with Gasteiger partial charge in [-0.3, -0.25) is 0 Å². The second-order valence-electron chi connectivity index (χ2n) is 5.31. The van der Waals surface area contributed by atoms with Crippen LogP contribution in [0.15, 0.2) is 23.1 Å². The van der Waals surface area contributed by atoms with Gasteiger partial charge in [-0.2, -0.15) is 21.3 Å². The second-order valence-corrected chi connectivity index (χ2v) is 9.02. The lowest BCUT2D eigenvalue weighted by molar-refractivity contribution is 0.387. The molecule has 2 rings (SSSR count). The smallest absolute Gasteiger partial charge is 0.244 e. The van der Waals surface area contributed by atoms with Crippen molar-refractivity contribution in [1.82, 2.24) is 4.31 Å². The van der Waals surface area contributed by atoms with E-state index in [4.69, 9.17) is 11.0 Å². The third kappa shape index (κ3) is 2.92. The average molecular weight is 311 g/mol. The zero-order chi connectivity index (χ0) is 15.0. The number of nitrogen functional groups attached to an aromatic ring is 1. The first-order chi connectivity index (χ1) is 9.26. The van der Waals surface area contributed by atoms with Crippen LogP contribution >= 0.6 is 11.8 Å². The molecular weight excluding hydrogens is 294 g/mol. The van der Waals surface area contributed by atoms with Gasteiger partial charge >= 0.3 is 0 Å². The molecule has 0 spiro atoms. The number of nitrogens with two attached hydrogens (primary N) is 1. The molecule has 0 saturated carbocycles. The summed E-state index contributed by atoms with van der Waals surface area (Å²) in [6, 6.07) is 6.24. The number of sulfonamides is 1. The van der Waals surface area contributed by atoms with E-state index in [1.165, 1.54) is 22.5 Å². The molecule has 1 aliphatic heterocycles. The van der Waals surface area contributed by atoms with Crippen LogP contribution in [0.3, 0.4) is 0 Å². The molecule has 0 radical (unpaired) electrons. The number of hydrogen-bond donors (Lipinski definition) is 1. The van der Waals surface area contributed by atoms with Gasteiger partial charge in [0.15, 0.2) is 0 Å². The van der Waals surface area contributed by atoms with E-state index in [9.17, 15) is 8.42 Å². The summed E-state index contributed by atoms with van der Waals surface area (Å²) in [6.07, 6.45) is 0. The van der Waals surface area contributed by atoms with E-state index in [0.717, 1.165) is 5.75 Å². The zero-order valence-electron chi connectivity index (χ0n) is 11.5. The Morgan fingerprint density at radius 1 is 1.45 bits per heavy atom. The van der Waals surface area contributed by atoms with Crippen LogP contribution in [0.25, 0.3) is 0 Å². The van der Waals surface area contributed by atoms with Crippen molar-refractivity contribution in [2.45, 2.75) is 23.5 Å². The third-order valence-electron chi connectivity index (χ3n) is 3.13. The third-order valence-corrected chi connectivity index (χ3v) is 6.33. The van der Waals surface area contributed by atoms with Gasteiger partial charge in [-0.1, -0.05) is 0 Å². The fraction of sp³-hybridized carbons (Fsp3) is 0.462. The molecule has 2 N–H and O–H groups in total. The van der Waals surface area contributed by atoms with Crippen LogP contribution < -0.4 is 5.73 Å². The lowest BCUT2D eigenvalue weighted by atomic mass is 10.2. The van der Waals surface area contributed by atoms with Gasteiger partial charge in [0, 0.05) is 29.3 Å². The van der Waals surface area contributed by atoms with Crippen molar-refractivity contribution in [3.05, 3.63) is 23.8 Å². The van der Waals surface area contributed by atoms with Gasteiger partial charge in [0.25, 0.3) is 0 Å². The Hall–Kier alpha value is -1.23. The maximum absolute atomic E-state index is 12.7. The van der Waals surface area contributed by atoms with Gasteiger partial charge < -0.3 is 5.73 Å². The van der Waals surface area contributed by atoms with Crippen LogP contribution in [0.5, 0.6) is 0 Å². The van der Waals surface area contributed by atoms with Crippen LogP contribution in [0.2, 0.25) is 0 Å². The fourth-order valence-electron chi connectivity index (χ4n) is 2.18. The molecule has 0 bridgehead atoms. The van der Waals surface area contributed by atoms with Crippen LogP contribution in [-0.2, 0) is 10.0 Å². The molecule has 5 nitrogen and oxygen atoms in total. The van der Waals surface area contributed by atoms with Crippen molar-refractivity contribution in [2.24, 2.45) is 0 Å². The van der Waals surface area contributed by atoms with Gasteiger partial charge in [-0.05, 0) is 32.0 Å². The highest BCUT2D eigenvalue weighted by Gasteiger charge is 2.35. The predicted molar refractivity (Wildman–Crippen MR) is 80.9 cm³/mol. The monoisotopic (exact) mass is 311 g/mol. The summed E-state index contributed by atoms with van der Waals surface area (Å²) in [5.41, 5.74) is 6.09. The summed E-state index contributed by atoms with van der Waals surface area (Å²) in [7, 11) is -3.65. The molecule has 0 aliphatic carbocycles. The van der Waals surface area contributed by atoms with Crippen LogP contribution in [0.4, 0.5) is 5.69 Å². The minimum Gasteiger partial charge on any atom is -0.399 e. The molecule has 1 saturated heterocycles. The standard InChI is InChI=1S/C13H17N3O2S2/c1-13(2)9-16(5-6-19-13)20(17,18)12-4-3-11(15)7-10(12)8-14/h3-4,7H,5-6,9,15H2,1-2H3. The van der Waals surface area contributed by atoms with Crippen molar-refractivity contribution in [1.29, 1.82) is 5.26 Å². The number of hydrogen-bond acceptors (Lipinski definition) is 5. The topological polar surface area (TPSA) is 87.2 Å². The molecular formula is C13H17N3O2S2. The van der Waals surface area contributed by atoms with Crippen molar-refractivity contribution in [3.63, 3.8) is 0 Å². The van der Waals surface area contributed by atoms with Crippen molar-refractivity contribution in [2.75, 3.05) is 24.6 Å². The van der Waals surface area contributed by atoms with Crippen molar-refractivity contribution < 1.29 is 8.42 Å². The summed E-state index contributed by atoms with van der Waals surface area (Å²) in [5, 5.41) is 9.11. The molecule has 0 unspecified atom stereocenters. The zero-order valence-corrected chi connectivity index (χ0v) is 13.1. The maximum Gasteiger partial charge on any atom is 0.244 e. The van der Waals surface area contributed by atoms with Gasteiger partial charge in [0.1, 0.15) is 11.0 Å². The molecule has 1 aliphatic rings. The maximum atomic E-state index is 12.7. The first-order valence-electron chi connectivity index (χ1n) is 6.20. The van der Waals surface area contributed by atoms with Gasteiger partial charge in [0.2, 0.25) is 10.0 Å². The van der Waals surface area contributed by atoms with E-state index in [1.54, 1.807) is 11.8 Å². The second kappa shape index (κ2) is 5.28. The largest absolute Gasteiger partial charge is 0.399 e. The van der Waals surface area contributed by atoms with Crippen molar-refractivity contribution in [3.8, 4) is 6.07 Å². The minimum atomic E-state index is -3.65. The Bertz CT molecular complexity index is 663. The summed E-state index contributed by atoms with van der Waals surface area (Å²) in [6.45, 7) is 4.95. The first-order valence-corrected chi connectivity index (χ1v) is 8.62. The highest BCUT2D eigenvalue weighted by atomic mass is 32.2.